The van der Waals surface area contributed by atoms with Crippen molar-refractivity contribution >= 4 is 123 Å². The molecule has 0 aliphatic carbocycles. The quantitative estimate of drug-likeness (QED) is 0.0888. The number of ether oxygens (including phenoxy) is 1. The summed E-state index contributed by atoms with van der Waals surface area (Å²) in [7, 11) is -1.35. The van der Waals surface area contributed by atoms with Crippen molar-refractivity contribution < 1.29 is 40.7 Å². The predicted octanol–water partition coefficient (Wildman–Crippen LogP) is 13.4. The Bertz CT molecular complexity index is 3720. The van der Waals surface area contributed by atoms with Crippen molar-refractivity contribution in [2.75, 3.05) is 80.4 Å². The van der Waals surface area contributed by atoms with Crippen molar-refractivity contribution in [2.45, 2.75) is 103 Å². The number of sulfonamides is 1. The second kappa shape index (κ2) is 27.4. The number of alkyl halides is 3. The van der Waals surface area contributed by atoms with Crippen LogP contribution in [-0.4, -0.2) is 139 Å². The number of halogens is 6. The molecule has 0 spiro atoms. The van der Waals surface area contributed by atoms with Gasteiger partial charge in [-0.1, -0.05) is 41.7 Å². The highest BCUT2D eigenvalue weighted by atomic mass is 35.5. The minimum Gasteiger partial charge on any atom is -0.406 e. The number of piperidine rings is 4. The lowest BCUT2D eigenvalue weighted by Crippen LogP contribution is -2.45. The van der Waals surface area contributed by atoms with Crippen molar-refractivity contribution in [3.05, 3.63) is 118 Å². The van der Waals surface area contributed by atoms with Crippen LogP contribution in [0.4, 0.5) is 30.2 Å². The van der Waals surface area contributed by atoms with Gasteiger partial charge in [0.15, 0.2) is 0 Å². The Kier molecular flexibility index (Phi) is 20.3. The molecule has 0 saturated carbocycles. The van der Waals surface area contributed by atoms with Crippen LogP contribution in [0.3, 0.4) is 0 Å². The maximum atomic E-state index is 12.5. The molecule has 12 rings (SSSR count). The van der Waals surface area contributed by atoms with E-state index in [-0.39, 0.29) is 29.4 Å². The molecule has 0 bridgehead atoms. The van der Waals surface area contributed by atoms with Crippen LogP contribution in [0.15, 0.2) is 97.6 Å². The monoisotopic (exact) mass is 1250 g/mol. The van der Waals surface area contributed by atoms with E-state index in [4.69, 9.17) is 34.8 Å². The van der Waals surface area contributed by atoms with Crippen LogP contribution in [0.25, 0.3) is 43.6 Å². The third kappa shape index (κ3) is 15.9. The fourth-order valence-electron chi connectivity index (χ4n) is 12.4. The summed E-state index contributed by atoms with van der Waals surface area (Å²) in [5.41, 5.74) is 8.06. The number of ketones is 1. The van der Waals surface area contributed by atoms with Gasteiger partial charge >= 0.3 is 6.36 Å². The Morgan fingerprint density at radius 2 is 1.02 bits per heavy atom. The average molecular weight is 1250 g/mol. The van der Waals surface area contributed by atoms with E-state index < -0.39 is 16.4 Å². The van der Waals surface area contributed by atoms with Gasteiger partial charge in [-0.05, 0) is 130 Å². The highest BCUT2D eigenvalue weighted by molar-refractivity contribution is 7.88. The predicted molar refractivity (Wildman–Crippen MR) is 336 cm³/mol. The molecule has 85 heavy (non-hydrogen) atoms. The second-order valence-electron chi connectivity index (χ2n) is 22.4. The molecule has 8 heterocycles. The van der Waals surface area contributed by atoms with Gasteiger partial charge < -0.3 is 49.6 Å². The maximum Gasteiger partial charge on any atom is 0.573 e. The highest BCUT2D eigenvalue weighted by Gasteiger charge is 2.33. The van der Waals surface area contributed by atoms with Gasteiger partial charge in [0, 0.05) is 204 Å². The number of hydrogen-bond acceptors (Lipinski definition) is 9. The van der Waals surface area contributed by atoms with Gasteiger partial charge in [0.2, 0.25) is 21.8 Å². The summed E-state index contributed by atoms with van der Waals surface area (Å²) in [4.78, 5) is 55.8. The van der Waals surface area contributed by atoms with Crippen molar-refractivity contribution in [3.63, 3.8) is 0 Å². The van der Waals surface area contributed by atoms with Gasteiger partial charge in [0.05, 0.1) is 6.26 Å². The molecule has 0 unspecified atom stereocenters. The molecular formula is C62H74Cl3F3N10O6S. The van der Waals surface area contributed by atoms with E-state index in [2.05, 4.69) is 62.9 Å². The van der Waals surface area contributed by atoms with E-state index in [9.17, 15) is 36.0 Å². The number of nitrogens with one attached hydrogen (secondary N) is 5. The molecule has 456 valence electrons. The molecule has 8 aromatic rings. The molecule has 16 nitrogen and oxygen atoms in total. The third-order valence-electron chi connectivity index (χ3n) is 16.8. The van der Waals surface area contributed by atoms with E-state index in [1.54, 1.807) is 20.0 Å². The van der Waals surface area contributed by atoms with Crippen LogP contribution >= 0.6 is 34.8 Å². The SMILES string of the molecule is CC(=O)N(C)C1CCN(c2cc(Cl)cc3[nH]ccc23)CC1.CC(=O)NC1CCN(c2cc(Cl)cc3[nH]ccc23)CC1.CCC(=O)C1CCN(c2cc(Cl)cc3[nH]ccc23)CC1.CS(=O)(=O)N1CCC(c2cc(OC(F)(F)F)cc3[nH]ccc23)CC1. The lowest BCUT2D eigenvalue weighted by atomic mass is 9.88. The van der Waals surface area contributed by atoms with E-state index in [0.29, 0.717) is 55.7 Å². The minimum absolute atomic E-state index is 0.0157. The van der Waals surface area contributed by atoms with Crippen LogP contribution in [0.2, 0.25) is 15.1 Å². The van der Waals surface area contributed by atoms with Crippen LogP contribution in [0.1, 0.15) is 90.0 Å². The van der Waals surface area contributed by atoms with Gasteiger partial charge in [-0.15, -0.1) is 13.2 Å². The van der Waals surface area contributed by atoms with Gasteiger partial charge in [0.25, 0.3) is 0 Å². The number of fused-ring (bicyclic) bond motifs is 4. The molecule has 4 aliphatic heterocycles. The summed E-state index contributed by atoms with van der Waals surface area (Å²) < 4.78 is 66.2. The first kappa shape index (κ1) is 62.9. The van der Waals surface area contributed by atoms with E-state index in [1.807, 2.05) is 79.9 Å². The van der Waals surface area contributed by atoms with E-state index >= 15 is 0 Å². The number of anilines is 3. The first-order valence-electron chi connectivity index (χ1n) is 28.9. The molecule has 0 atom stereocenters. The first-order chi connectivity index (χ1) is 40.5. The zero-order valence-electron chi connectivity index (χ0n) is 48.4. The lowest BCUT2D eigenvalue weighted by molar-refractivity contribution is -0.274. The maximum absolute atomic E-state index is 12.5. The smallest absolute Gasteiger partial charge is 0.406 e. The normalized spacial score (nSPS) is 17.0. The fraction of sp³-hybridized carbons (Fsp3) is 0.435. The summed E-state index contributed by atoms with van der Waals surface area (Å²) in [6, 6.07) is 23.4. The number of rotatable bonds is 10. The number of Topliss-reactive ketones (excluding diaryl/α,β-unsaturated/α-hetero) is 1. The molecule has 2 amide bonds. The zero-order valence-corrected chi connectivity index (χ0v) is 51.5. The van der Waals surface area contributed by atoms with Gasteiger partial charge in [-0.25, -0.2) is 12.7 Å². The van der Waals surface area contributed by atoms with Gasteiger partial charge in [-0.3, -0.25) is 14.4 Å². The fourth-order valence-corrected chi connectivity index (χ4v) is 13.9. The number of H-pyrrole nitrogens is 4. The Hall–Kier alpha value is -6.58. The Balaban J connectivity index is 0.000000136. The molecule has 4 saturated heterocycles. The second-order valence-corrected chi connectivity index (χ2v) is 25.7. The van der Waals surface area contributed by atoms with Gasteiger partial charge in [-0.2, -0.15) is 0 Å². The highest BCUT2D eigenvalue weighted by Crippen LogP contribution is 2.39. The van der Waals surface area contributed by atoms with Crippen molar-refractivity contribution in [1.82, 2.24) is 34.5 Å². The molecule has 4 fully saturated rings. The van der Waals surface area contributed by atoms with Crippen molar-refractivity contribution in [3.8, 4) is 5.75 Å². The third-order valence-corrected chi connectivity index (χ3v) is 18.8. The Morgan fingerprint density at radius 1 is 0.612 bits per heavy atom. The molecule has 0 radical (unpaired) electrons. The summed E-state index contributed by atoms with van der Waals surface area (Å²) in [5, 5.41) is 9.70. The van der Waals surface area contributed by atoms with Crippen molar-refractivity contribution in [1.29, 1.82) is 0 Å². The summed E-state index contributed by atoms with van der Waals surface area (Å²) in [6.45, 7) is 11.5. The van der Waals surface area contributed by atoms with Crippen LogP contribution in [0.5, 0.6) is 5.75 Å². The van der Waals surface area contributed by atoms with Crippen LogP contribution in [-0.2, 0) is 24.4 Å². The topological polar surface area (TPSA) is 186 Å². The Labute approximate surface area is 508 Å². The number of nitrogens with zero attached hydrogens (tertiary/aromatic N) is 5. The molecule has 4 aliphatic rings. The zero-order chi connectivity index (χ0) is 60.7. The van der Waals surface area contributed by atoms with E-state index in [0.717, 1.165) is 127 Å². The molecule has 4 aromatic heterocycles. The summed E-state index contributed by atoms with van der Waals surface area (Å²) >= 11 is 18.6. The molecule has 4 aromatic carbocycles. The summed E-state index contributed by atoms with van der Waals surface area (Å²) in [6.07, 6.45) is 11.5. The van der Waals surface area contributed by atoms with E-state index in [1.165, 1.54) is 49.7 Å². The number of carbonyl (C=O) groups is 3. The van der Waals surface area contributed by atoms with Crippen molar-refractivity contribution in [2.24, 2.45) is 5.92 Å². The van der Waals surface area contributed by atoms with Crippen LogP contribution in [0, 0.1) is 5.92 Å². The standard InChI is InChI=1S/C16H20ClN3O.C16H19ClN2O.C15H18ClN3O.C15H17F3N2O3S/c1-11(21)19(2)13-4-7-20(8-5-13)16-10-12(17)9-15-14(16)3-6-18-15;1-2-16(20)11-4-7-19(8-5-11)15-10-12(17)9-14-13(15)3-6-18-14;1-10(20)18-12-3-6-19(7-4-12)15-9-11(16)8-14-13(15)2-5-17-14;1-24(21,22)20-6-3-10(4-7-20)13-8-11(23-15(16,17)18)9-14-12(13)2-5-19-14/h3,6,9-10,13,18H,4-5,7-8H2,1-2H3;3,6,9-11,18H,2,4-5,7-8H2,1H3;2,5,8-9,12,17H,3-4,6-7H2,1H3,(H,18,20);2,5,8-10,19H,3-4,6-7H2,1H3. The van der Waals surface area contributed by atoms with Gasteiger partial charge in [0.1, 0.15) is 11.5 Å². The summed E-state index contributed by atoms with van der Waals surface area (Å²) in [5.74, 6) is 0.569. The number of carbonyl (C=O) groups excluding carboxylic acids is 3. The number of hydrogen-bond donors (Lipinski definition) is 5. The molecule has 5 N–H and O–H groups in total. The number of aromatic amines is 4. The minimum atomic E-state index is -4.75. The van der Waals surface area contributed by atoms with Crippen LogP contribution < -0.4 is 24.8 Å². The number of benzene rings is 4. The number of aromatic nitrogens is 4. The largest absolute Gasteiger partial charge is 0.573 e. The first-order valence-corrected chi connectivity index (χ1v) is 31.9. The average Bonchev–Trinajstić information content (AvgIpc) is 4.23. The molecule has 23 heteroatoms. The molecular weight excluding hydrogens is 1180 g/mol. The number of amides is 2. The Morgan fingerprint density at radius 3 is 1.42 bits per heavy atom. The lowest BCUT2D eigenvalue weighted by Gasteiger charge is -2.37.